The Labute approximate surface area is 112 Å². The molecule has 18 heavy (non-hydrogen) atoms. The van der Waals surface area contributed by atoms with Crippen LogP contribution in [0, 0.1) is 5.92 Å². The zero-order valence-corrected chi connectivity index (χ0v) is 12.2. The fourth-order valence-corrected chi connectivity index (χ4v) is 3.65. The first-order chi connectivity index (χ1) is 8.83. The Hall–Kier alpha value is -0.120. The molecule has 2 fully saturated rings. The fraction of sp³-hybridized carbons (Fsp3) is 1.00. The molecule has 0 radical (unpaired) electrons. The fourth-order valence-electron chi connectivity index (χ4n) is 3.65. The molecule has 0 aromatic rings. The molecule has 0 bridgehead atoms. The predicted molar refractivity (Wildman–Crippen MR) is 75.9 cm³/mol. The van der Waals surface area contributed by atoms with Crippen LogP contribution in [-0.4, -0.2) is 50.3 Å². The lowest BCUT2D eigenvalue weighted by Crippen LogP contribution is -2.46. The second-order valence-electron chi connectivity index (χ2n) is 6.00. The van der Waals surface area contributed by atoms with Crippen LogP contribution in [0.1, 0.15) is 45.4 Å². The average molecular weight is 254 g/mol. The topological polar surface area (TPSA) is 24.5 Å². The molecule has 1 saturated carbocycles. The van der Waals surface area contributed by atoms with Gasteiger partial charge in [0.05, 0.1) is 0 Å². The Balaban J connectivity index is 1.68. The van der Waals surface area contributed by atoms with Crippen molar-refractivity contribution in [3.8, 4) is 0 Å². The van der Waals surface area contributed by atoms with E-state index in [-0.39, 0.29) is 0 Å². The van der Waals surface area contributed by atoms with Crippen molar-refractivity contribution in [2.75, 3.05) is 33.4 Å². The Morgan fingerprint density at radius 3 is 2.28 bits per heavy atom. The van der Waals surface area contributed by atoms with Gasteiger partial charge < -0.3 is 15.0 Å². The average Bonchev–Trinajstić information content (AvgIpc) is 2.41. The van der Waals surface area contributed by atoms with E-state index in [1.165, 1.54) is 51.6 Å². The first-order valence-corrected chi connectivity index (χ1v) is 7.79. The molecule has 3 heteroatoms. The summed E-state index contributed by atoms with van der Waals surface area (Å²) in [6.45, 7) is 6.89. The Kier molecular flexibility index (Phi) is 5.93. The van der Waals surface area contributed by atoms with Crippen LogP contribution < -0.4 is 5.32 Å². The summed E-state index contributed by atoms with van der Waals surface area (Å²) in [5.74, 6) is 0.810. The monoisotopic (exact) mass is 254 g/mol. The molecular weight excluding hydrogens is 224 g/mol. The van der Waals surface area contributed by atoms with Gasteiger partial charge in [-0.2, -0.15) is 0 Å². The maximum atomic E-state index is 5.28. The highest BCUT2D eigenvalue weighted by atomic mass is 16.5. The summed E-state index contributed by atoms with van der Waals surface area (Å²) in [6, 6.07) is 1.65. The van der Waals surface area contributed by atoms with Gasteiger partial charge in [-0.05, 0) is 64.1 Å². The smallest absolute Gasteiger partial charge is 0.0491 e. The standard InChI is InChI=1S/C15H30N2O/c1-3-16-14-4-6-15(7-5-14)17-10-8-13(9-11-17)12-18-2/h13-16H,3-12H2,1-2H3. The number of nitrogens with zero attached hydrogens (tertiary/aromatic N) is 1. The van der Waals surface area contributed by atoms with Crippen LogP contribution in [0.15, 0.2) is 0 Å². The maximum absolute atomic E-state index is 5.28. The molecular formula is C15H30N2O. The maximum Gasteiger partial charge on any atom is 0.0491 e. The quantitative estimate of drug-likeness (QED) is 0.814. The van der Waals surface area contributed by atoms with Crippen molar-refractivity contribution in [3.63, 3.8) is 0 Å². The Morgan fingerprint density at radius 1 is 1.06 bits per heavy atom. The van der Waals surface area contributed by atoms with Gasteiger partial charge in [0, 0.05) is 25.8 Å². The number of rotatable bonds is 5. The van der Waals surface area contributed by atoms with Gasteiger partial charge in [-0.25, -0.2) is 0 Å². The van der Waals surface area contributed by atoms with Gasteiger partial charge in [-0.3, -0.25) is 0 Å². The van der Waals surface area contributed by atoms with E-state index in [1.807, 2.05) is 7.11 Å². The highest BCUT2D eigenvalue weighted by Gasteiger charge is 2.28. The van der Waals surface area contributed by atoms with E-state index in [1.54, 1.807) is 0 Å². The van der Waals surface area contributed by atoms with Gasteiger partial charge in [0.25, 0.3) is 0 Å². The summed E-state index contributed by atoms with van der Waals surface area (Å²) in [5, 5.41) is 3.60. The van der Waals surface area contributed by atoms with Gasteiger partial charge in [-0.1, -0.05) is 6.92 Å². The summed E-state index contributed by atoms with van der Waals surface area (Å²) >= 11 is 0. The Bertz CT molecular complexity index is 195. The molecule has 0 unspecified atom stereocenters. The lowest BCUT2D eigenvalue weighted by Gasteiger charge is -2.40. The molecule has 3 nitrogen and oxygen atoms in total. The van der Waals surface area contributed by atoms with E-state index in [4.69, 9.17) is 4.74 Å². The summed E-state index contributed by atoms with van der Waals surface area (Å²) in [5.41, 5.74) is 0. The first-order valence-electron chi connectivity index (χ1n) is 7.79. The molecule has 1 heterocycles. The minimum atomic E-state index is 0.789. The van der Waals surface area contributed by atoms with Crippen molar-refractivity contribution >= 4 is 0 Å². The first kappa shape index (κ1) is 14.3. The van der Waals surface area contributed by atoms with Gasteiger partial charge in [0.15, 0.2) is 0 Å². The molecule has 1 N–H and O–H groups in total. The summed E-state index contributed by atoms with van der Waals surface area (Å²) in [7, 11) is 1.83. The number of piperidine rings is 1. The molecule has 1 aliphatic carbocycles. The van der Waals surface area contributed by atoms with Crippen molar-refractivity contribution < 1.29 is 4.74 Å². The van der Waals surface area contributed by atoms with E-state index >= 15 is 0 Å². The highest BCUT2D eigenvalue weighted by Crippen LogP contribution is 2.27. The van der Waals surface area contributed by atoms with Crippen LogP contribution in [0.25, 0.3) is 0 Å². The molecule has 0 aromatic carbocycles. The molecule has 0 spiro atoms. The highest BCUT2D eigenvalue weighted by molar-refractivity contribution is 4.85. The number of hydrogen-bond acceptors (Lipinski definition) is 3. The second kappa shape index (κ2) is 7.46. The summed E-state index contributed by atoms with van der Waals surface area (Å²) in [4.78, 5) is 2.74. The lowest BCUT2D eigenvalue weighted by molar-refractivity contribution is 0.0651. The number of nitrogens with one attached hydrogen (secondary N) is 1. The van der Waals surface area contributed by atoms with Gasteiger partial charge >= 0.3 is 0 Å². The minimum absolute atomic E-state index is 0.789. The second-order valence-corrected chi connectivity index (χ2v) is 6.00. The van der Waals surface area contributed by atoms with E-state index < -0.39 is 0 Å². The van der Waals surface area contributed by atoms with E-state index in [2.05, 4.69) is 17.1 Å². The van der Waals surface area contributed by atoms with Crippen molar-refractivity contribution in [3.05, 3.63) is 0 Å². The summed E-state index contributed by atoms with van der Waals surface area (Å²) in [6.07, 6.45) is 8.20. The van der Waals surface area contributed by atoms with Crippen LogP contribution in [0.3, 0.4) is 0 Å². The molecule has 2 rings (SSSR count). The van der Waals surface area contributed by atoms with Crippen LogP contribution in [0.2, 0.25) is 0 Å². The van der Waals surface area contributed by atoms with Gasteiger partial charge in [-0.15, -0.1) is 0 Å². The van der Waals surface area contributed by atoms with Crippen molar-refractivity contribution in [1.29, 1.82) is 0 Å². The van der Waals surface area contributed by atoms with Crippen molar-refractivity contribution in [1.82, 2.24) is 10.2 Å². The van der Waals surface area contributed by atoms with Crippen LogP contribution in [0.5, 0.6) is 0 Å². The molecule has 2 aliphatic rings. The number of ether oxygens (including phenoxy) is 1. The zero-order valence-electron chi connectivity index (χ0n) is 12.2. The van der Waals surface area contributed by atoms with E-state index in [0.717, 1.165) is 31.2 Å². The van der Waals surface area contributed by atoms with E-state index in [9.17, 15) is 0 Å². The zero-order chi connectivity index (χ0) is 12.8. The third kappa shape index (κ3) is 3.94. The van der Waals surface area contributed by atoms with Crippen molar-refractivity contribution in [2.45, 2.75) is 57.5 Å². The van der Waals surface area contributed by atoms with Crippen molar-refractivity contribution in [2.24, 2.45) is 5.92 Å². The molecule has 106 valence electrons. The number of likely N-dealkylation sites (tertiary alicyclic amines) is 1. The SMILES string of the molecule is CCNC1CCC(N2CCC(COC)CC2)CC1. The van der Waals surface area contributed by atoms with Gasteiger partial charge in [0.1, 0.15) is 0 Å². The molecule has 1 saturated heterocycles. The lowest BCUT2D eigenvalue weighted by atomic mass is 9.88. The Morgan fingerprint density at radius 2 is 1.72 bits per heavy atom. The number of hydrogen-bond donors (Lipinski definition) is 1. The minimum Gasteiger partial charge on any atom is -0.384 e. The molecule has 0 amide bonds. The number of methoxy groups -OCH3 is 1. The van der Waals surface area contributed by atoms with Gasteiger partial charge in [0.2, 0.25) is 0 Å². The normalized spacial score (nSPS) is 31.7. The van der Waals surface area contributed by atoms with Crippen LogP contribution in [-0.2, 0) is 4.74 Å². The molecule has 0 atom stereocenters. The summed E-state index contributed by atoms with van der Waals surface area (Å²) < 4.78 is 5.28. The largest absolute Gasteiger partial charge is 0.384 e. The third-order valence-electron chi connectivity index (χ3n) is 4.76. The van der Waals surface area contributed by atoms with Crippen LogP contribution in [0.4, 0.5) is 0 Å². The molecule has 1 aliphatic heterocycles. The third-order valence-corrected chi connectivity index (χ3v) is 4.76. The van der Waals surface area contributed by atoms with E-state index in [0.29, 0.717) is 0 Å². The molecule has 0 aromatic heterocycles. The van der Waals surface area contributed by atoms with Crippen LogP contribution >= 0.6 is 0 Å². The predicted octanol–water partition coefficient (Wildman–Crippen LogP) is 2.27.